The predicted octanol–water partition coefficient (Wildman–Crippen LogP) is 4.73. The molecule has 0 aromatic heterocycles. The van der Waals surface area contributed by atoms with Crippen molar-refractivity contribution in [2.45, 2.75) is 83.5 Å². The van der Waals surface area contributed by atoms with Gasteiger partial charge in [-0.25, -0.2) is 4.79 Å². The van der Waals surface area contributed by atoms with Crippen LogP contribution in [-0.4, -0.2) is 43.7 Å². The Kier molecular flexibility index (Phi) is 8.20. The SMILES string of the molecule is CCOC(=O)C1=[N+]([O-])O[C@@H](CC2CCCCC2)[C@@H]1O[Si](c1ccccc1)(c1ccccc1)C(C)(C)C. The molecular weight excluding hydrogens is 470 g/mol. The monoisotopic (exact) mass is 509 g/mol. The largest absolute Gasteiger partial charge is 0.458 e. The van der Waals surface area contributed by atoms with Crippen molar-refractivity contribution in [1.82, 2.24) is 0 Å². The predicted molar refractivity (Wildman–Crippen MR) is 144 cm³/mol. The molecule has 1 heterocycles. The maximum absolute atomic E-state index is 13.1. The van der Waals surface area contributed by atoms with Crippen molar-refractivity contribution < 1.29 is 23.7 Å². The number of carbonyl (C=O) groups excluding carboxylic acids is 1. The molecule has 1 saturated carbocycles. The molecule has 2 atom stereocenters. The van der Waals surface area contributed by atoms with Gasteiger partial charge in [0.15, 0.2) is 6.10 Å². The number of ether oxygens (including phenoxy) is 1. The summed E-state index contributed by atoms with van der Waals surface area (Å²) in [6.07, 6.45) is 5.18. The first-order chi connectivity index (χ1) is 17.3. The average molecular weight is 510 g/mol. The van der Waals surface area contributed by atoms with Gasteiger partial charge in [0.1, 0.15) is 6.10 Å². The topological polar surface area (TPSA) is 70.8 Å². The van der Waals surface area contributed by atoms with Gasteiger partial charge in [0, 0.05) is 0 Å². The fraction of sp³-hybridized carbons (Fsp3) is 0.517. The van der Waals surface area contributed by atoms with E-state index in [1.807, 2.05) is 36.4 Å². The molecular formula is C29H39NO5Si. The minimum absolute atomic E-state index is 0.0781. The summed E-state index contributed by atoms with van der Waals surface area (Å²) >= 11 is 0. The number of hydrogen-bond donors (Lipinski definition) is 0. The second-order valence-electron chi connectivity index (χ2n) is 10.9. The summed E-state index contributed by atoms with van der Waals surface area (Å²) in [5.41, 5.74) is -0.0781. The smallest absolute Gasteiger partial charge is 0.408 e. The van der Waals surface area contributed by atoms with Crippen LogP contribution in [0.25, 0.3) is 0 Å². The van der Waals surface area contributed by atoms with Crippen LogP contribution >= 0.6 is 0 Å². The van der Waals surface area contributed by atoms with Crippen molar-refractivity contribution in [3.8, 4) is 0 Å². The molecule has 0 bridgehead atoms. The standard InChI is InChI=1S/C29H39NO5Si/c1-5-33-28(31)26-27(25(34-30(26)32)21-22-15-9-6-10-16-22)35-36(29(2,3)4,23-17-11-7-12-18-23)24-19-13-8-14-20-24/h7-8,11-14,17-20,22,25,27H,5-6,9-10,15-16,21H2,1-4H3/t25-,27-/m0/s1. The van der Waals surface area contributed by atoms with E-state index >= 15 is 0 Å². The normalized spacial score (nSPS) is 21.3. The molecule has 0 unspecified atom stereocenters. The molecule has 194 valence electrons. The molecule has 0 amide bonds. The van der Waals surface area contributed by atoms with E-state index in [1.54, 1.807) is 6.92 Å². The fourth-order valence-electron chi connectivity index (χ4n) is 5.84. The van der Waals surface area contributed by atoms with E-state index in [2.05, 4.69) is 45.0 Å². The molecule has 7 heteroatoms. The van der Waals surface area contributed by atoms with Crippen molar-refractivity contribution in [1.29, 1.82) is 0 Å². The Morgan fingerprint density at radius 2 is 1.56 bits per heavy atom. The number of rotatable bonds is 8. The third kappa shape index (κ3) is 5.23. The summed E-state index contributed by atoms with van der Waals surface area (Å²) in [5.74, 6) is -0.217. The van der Waals surface area contributed by atoms with Gasteiger partial charge in [-0.15, -0.1) is 0 Å². The van der Waals surface area contributed by atoms with Crippen molar-refractivity contribution in [3.05, 3.63) is 65.9 Å². The molecule has 1 aliphatic heterocycles. The van der Waals surface area contributed by atoms with Gasteiger partial charge in [0.2, 0.25) is 0 Å². The molecule has 4 rings (SSSR count). The van der Waals surface area contributed by atoms with Gasteiger partial charge >= 0.3 is 11.7 Å². The first kappa shape index (κ1) is 26.4. The summed E-state index contributed by atoms with van der Waals surface area (Å²) in [7, 11) is -3.04. The third-order valence-electron chi connectivity index (χ3n) is 7.53. The Bertz CT molecular complexity index is 1000. The van der Waals surface area contributed by atoms with E-state index in [-0.39, 0.29) is 17.4 Å². The zero-order valence-corrected chi connectivity index (χ0v) is 22.9. The van der Waals surface area contributed by atoms with Crippen molar-refractivity contribution in [2.75, 3.05) is 6.61 Å². The summed E-state index contributed by atoms with van der Waals surface area (Å²) in [5, 5.41) is 14.9. The summed E-state index contributed by atoms with van der Waals surface area (Å²) < 4.78 is 12.6. The van der Waals surface area contributed by atoms with Crippen LogP contribution in [0.1, 0.15) is 66.2 Å². The lowest BCUT2D eigenvalue weighted by molar-refractivity contribution is -0.740. The molecule has 2 aromatic carbocycles. The Hall–Kier alpha value is -2.64. The van der Waals surface area contributed by atoms with Crippen molar-refractivity contribution in [3.63, 3.8) is 0 Å². The molecule has 0 spiro atoms. The fourth-order valence-corrected chi connectivity index (χ4v) is 10.5. The number of benzene rings is 2. The Morgan fingerprint density at radius 1 is 1.00 bits per heavy atom. The van der Waals surface area contributed by atoms with Crippen LogP contribution in [0.4, 0.5) is 0 Å². The minimum atomic E-state index is -3.04. The lowest BCUT2D eigenvalue weighted by atomic mass is 9.84. The van der Waals surface area contributed by atoms with E-state index in [0.717, 1.165) is 23.2 Å². The van der Waals surface area contributed by atoms with Crippen LogP contribution in [-0.2, 0) is 18.8 Å². The van der Waals surface area contributed by atoms with Crippen molar-refractivity contribution >= 4 is 30.4 Å². The van der Waals surface area contributed by atoms with Gasteiger partial charge in [-0.2, -0.15) is 0 Å². The van der Waals surface area contributed by atoms with E-state index in [0.29, 0.717) is 17.2 Å². The Morgan fingerprint density at radius 3 is 2.06 bits per heavy atom. The Balaban J connectivity index is 1.83. The zero-order chi connectivity index (χ0) is 25.8. The molecule has 6 nitrogen and oxygen atoms in total. The van der Waals surface area contributed by atoms with Gasteiger partial charge in [-0.3, -0.25) is 5.21 Å². The number of carbonyl (C=O) groups is 1. The molecule has 2 aliphatic rings. The molecule has 1 fully saturated rings. The molecule has 0 N–H and O–H groups in total. The second kappa shape index (κ2) is 11.2. The van der Waals surface area contributed by atoms with Gasteiger partial charge in [-0.1, -0.05) is 114 Å². The summed E-state index contributed by atoms with van der Waals surface area (Å²) in [6, 6.07) is 20.5. The molecule has 2 aromatic rings. The zero-order valence-electron chi connectivity index (χ0n) is 21.9. The highest BCUT2D eigenvalue weighted by Gasteiger charge is 2.57. The maximum Gasteiger partial charge on any atom is 0.408 e. The highest BCUT2D eigenvalue weighted by Crippen LogP contribution is 2.40. The van der Waals surface area contributed by atoms with Crippen LogP contribution in [0.15, 0.2) is 60.7 Å². The quantitative estimate of drug-likeness (QED) is 0.292. The van der Waals surface area contributed by atoms with Gasteiger partial charge < -0.3 is 14.0 Å². The van der Waals surface area contributed by atoms with Crippen LogP contribution in [0.5, 0.6) is 0 Å². The van der Waals surface area contributed by atoms with Crippen LogP contribution < -0.4 is 10.4 Å². The molecule has 0 radical (unpaired) electrons. The number of esters is 1. The minimum Gasteiger partial charge on any atom is -0.458 e. The molecule has 0 saturated heterocycles. The van der Waals surface area contributed by atoms with Crippen LogP contribution in [0, 0.1) is 11.1 Å². The first-order valence-electron chi connectivity index (χ1n) is 13.2. The lowest BCUT2D eigenvalue weighted by Gasteiger charge is -2.45. The van der Waals surface area contributed by atoms with E-state index in [9.17, 15) is 10.0 Å². The summed E-state index contributed by atoms with van der Waals surface area (Å²) in [6.45, 7) is 8.47. The van der Waals surface area contributed by atoms with Gasteiger partial charge in [-0.05, 0) is 34.7 Å². The van der Waals surface area contributed by atoms with Crippen molar-refractivity contribution in [2.24, 2.45) is 5.92 Å². The lowest BCUT2D eigenvalue weighted by Crippen LogP contribution is -2.69. The highest BCUT2D eigenvalue weighted by molar-refractivity contribution is 6.99. The number of nitrogens with zero attached hydrogens (tertiary/aromatic N) is 1. The van der Waals surface area contributed by atoms with E-state index in [4.69, 9.17) is 14.0 Å². The van der Waals surface area contributed by atoms with Gasteiger partial charge in [0.25, 0.3) is 8.32 Å². The van der Waals surface area contributed by atoms with E-state index < -0.39 is 26.5 Å². The second-order valence-corrected chi connectivity index (χ2v) is 15.2. The third-order valence-corrected chi connectivity index (χ3v) is 12.5. The van der Waals surface area contributed by atoms with Gasteiger partial charge in [0.05, 0.1) is 11.5 Å². The molecule has 1 aliphatic carbocycles. The summed E-state index contributed by atoms with van der Waals surface area (Å²) in [4.78, 5) is 19.3. The maximum atomic E-state index is 13.1. The number of hydrogen-bond acceptors (Lipinski definition) is 5. The van der Waals surface area contributed by atoms with Crippen LogP contribution in [0.2, 0.25) is 5.04 Å². The van der Waals surface area contributed by atoms with E-state index in [1.165, 1.54) is 19.3 Å². The average Bonchev–Trinajstić information content (AvgIpc) is 3.17. The van der Waals surface area contributed by atoms with Crippen LogP contribution in [0.3, 0.4) is 0 Å². The molecule has 36 heavy (non-hydrogen) atoms. The highest BCUT2D eigenvalue weighted by atomic mass is 28.4. The Labute approximate surface area is 215 Å². The first-order valence-corrected chi connectivity index (χ1v) is 15.2.